The average molecular weight is 578 g/mol. The molecule has 0 bridgehead atoms. The van der Waals surface area contributed by atoms with Crippen molar-refractivity contribution in [1.29, 1.82) is 0 Å². The van der Waals surface area contributed by atoms with Gasteiger partial charge in [0.25, 0.3) is 0 Å². The summed E-state index contributed by atoms with van der Waals surface area (Å²) in [6.45, 7) is 6.75. The number of likely N-dealkylation sites (tertiary alicyclic amines) is 1. The summed E-state index contributed by atoms with van der Waals surface area (Å²) in [4.78, 5) is 44.7. The monoisotopic (exact) mass is 577 g/mol. The lowest BCUT2D eigenvalue weighted by Crippen LogP contribution is -2.42. The number of benzene rings is 3. The first kappa shape index (κ1) is 29.5. The van der Waals surface area contributed by atoms with Crippen LogP contribution in [-0.4, -0.2) is 52.9 Å². The Bertz CT molecular complexity index is 1690. The maximum absolute atomic E-state index is 13.7. The van der Waals surface area contributed by atoms with Crippen molar-refractivity contribution in [2.75, 3.05) is 20.8 Å². The topological polar surface area (TPSA) is 90.7 Å². The van der Waals surface area contributed by atoms with E-state index in [2.05, 4.69) is 11.9 Å². The number of imidazole rings is 1. The smallest absolute Gasteiger partial charge is 0.337 e. The van der Waals surface area contributed by atoms with Crippen LogP contribution >= 0.6 is 0 Å². The minimum Gasteiger partial charge on any atom is -0.495 e. The van der Waals surface area contributed by atoms with Crippen molar-refractivity contribution in [3.8, 4) is 11.4 Å². The summed E-state index contributed by atoms with van der Waals surface area (Å²) >= 11 is 0. The first-order valence-electron chi connectivity index (χ1n) is 14.2. The minimum atomic E-state index is -0.449. The summed E-state index contributed by atoms with van der Waals surface area (Å²) in [5, 5.41) is 0. The summed E-state index contributed by atoms with van der Waals surface area (Å²) in [6.07, 6.45) is 6.34. The molecule has 0 saturated carbocycles. The van der Waals surface area contributed by atoms with Crippen molar-refractivity contribution < 1.29 is 23.9 Å². The van der Waals surface area contributed by atoms with Gasteiger partial charge in [-0.15, -0.1) is 0 Å². The van der Waals surface area contributed by atoms with Gasteiger partial charge in [0.2, 0.25) is 5.91 Å². The molecule has 5 rings (SSSR count). The fraction of sp³-hybridized carbons (Fsp3) is 0.257. The number of carbonyl (C=O) groups excluding carboxylic acids is 3. The fourth-order valence-electron chi connectivity index (χ4n) is 5.47. The second-order valence-electron chi connectivity index (χ2n) is 11.0. The van der Waals surface area contributed by atoms with Gasteiger partial charge in [-0.25, -0.2) is 9.78 Å². The van der Waals surface area contributed by atoms with Crippen LogP contribution < -0.4 is 4.74 Å². The number of hydrogen-bond acceptors (Lipinski definition) is 6. The number of rotatable bonds is 8. The summed E-state index contributed by atoms with van der Waals surface area (Å²) < 4.78 is 12.3. The van der Waals surface area contributed by atoms with Crippen LogP contribution in [0.15, 0.2) is 84.8 Å². The van der Waals surface area contributed by atoms with Gasteiger partial charge in [-0.1, -0.05) is 49.4 Å². The molecule has 2 atom stereocenters. The van der Waals surface area contributed by atoms with Crippen LogP contribution in [0.3, 0.4) is 0 Å². The molecule has 0 radical (unpaired) electrons. The number of piperidine rings is 1. The van der Waals surface area contributed by atoms with Gasteiger partial charge in [-0.3, -0.25) is 9.59 Å². The van der Waals surface area contributed by atoms with E-state index in [9.17, 15) is 14.4 Å². The number of aromatic nitrogens is 2. The van der Waals surface area contributed by atoms with E-state index < -0.39 is 5.97 Å². The Morgan fingerprint density at radius 2 is 1.63 bits per heavy atom. The van der Waals surface area contributed by atoms with Crippen molar-refractivity contribution in [3.05, 3.63) is 118 Å². The number of ether oxygens (including phenoxy) is 2. The van der Waals surface area contributed by atoms with Crippen LogP contribution in [0.2, 0.25) is 0 Å². The molecule has 1 aliphatic heterocycles. The van der Waals surface area contributed by atoms with Gasteiger partial charge in [0, 0.05) is 29.4 Å². The molecule has 4 aromatic rings. The van der Waals surface area contributed by atoms with Gasteiger partial charge in [-0.2, -0.15) is 0 Å². The summed E-state index contributed by atoms with van der Waals surface area (Å²) in [5.74, 6) is 0.394. The van der Waals surface area contributed by atoms with E-state index >= 15 is 0 Å². The van der Waals surface area contributed by atoms with Crippen molar-refractivity contribution in [2.45, 2.75) is 33.2 Å². The van der Waals surface area contributed by atoms with E-state index in [0.717, 1.165) is 28.1 Å². The molecule has 2 heterocycles. The normalized spacial score (nSPS) is 16.7. The van der Waals surface area contributed by atoms with Crippen molar-refractivity contribution in [3.63, 3.8) is 0 Å². The van der Waals surface area contributed by atoms with Gasteiger partial charge in [0.15, 0.2) is 5.78 Å². The Labute approximate surface area is 251 Å². The van der Waals surface area contributed by atoms with Gasteiger partial charge in [-0.05, 0) is 67.7 Å². The van der Waals surface area contributed by atoms with E-state index in [1.165, 1.54) is 7.11 Å². The average Bonchev–Trinajstić information content (AvgIpc) is 3.47. The van der Waals surface area contributed by atoms with E-state index in [4.69, 9.17) is 9.47 Å². The van der Waals surface area contributed by atoms with Crippen LogP contribution in [-0.2, 0) is 9.53 Å². The summed E-state index contributed by atoms with van der Waals surface area (Å²) in [7, 11) is 2.95. The highest BCUT2D eigenvalue weighted by atomic mass is 16.5. The van der Waals surface area contributed by atoms with Gasteiger partial charge < -0.3 is 18.9 Å². The lowest BCUT2D eigenvalue weighted by Gasteiger charge is -2.37. The largest absolute Gasteiger partial charge is 0.495 e. The second kappa shape index (κ2) is 12.5. The molecule has 0 aliphatic carbocycles. The zero-order valence-corrected chi connectivity index (χ0v) is 25.0. The Kier molecular flexibility index (Phi) is 8.57. The highest BCUT2D eigenvalue weighted by Gasteiger charge is 2.31. The first-order valence-corrected chi connectivity index (χ1v) is 14.2. The molecule has 1 saturated heterocycles. The third kappa shape index (κ3) is 6.28. The molecular formula is C35H35N3O5. The molecule has 1 fully saturated rings. The Balaban J connectivity index is 1.33. The Morgan fingerprint density at radius 3 is 2.23 bits per heavy atom. The van der Waals surface area contributed by atoms with Crippen LogP contribution in [0.25, 0.3) is 11.8 Å². The number of amides is 1. The molecule has 0 N–H and O–H groups in total. The number of methoxy groups -OCH3 is 2. The Hall–Kier alpha value is -4.98. The van der Waals surface area contributed by atoms with E-state index in [1.54, 1.807) is 49.8 Å². The molecule has 1 amide bonds. The molecule has 1 aliphatic rings. The number of ketones is 1. The van der Waals surface area contributed by atoms with Crippen molar-refractivity contribution >= 4 is 23.7 Å². The van der Waals surface area contributed by atoms with E-state index in [1.807, 2.05) is 65.9 Å². The van der Waals surface area contributed by atoms with Gasteiger partial charge >= 0.3 is 5.97 Å². The molecular weight excluding hydrogens is 542 g/mol. The van der Waals surface area contributed by atoms with Gasteiger partial charge in [0.1, 0.15) is 5.75 Å². The SMILES string of the molecule is COC(=O)c1ccc(C(=O)c2ccc([C@H](C)N3C[C@@H](C)C/C(=C\c4ccc(-n5cnc(C)c5)c(OC)c4)C3=O)cc2)cc1. The lowest BCUT2D eigenvalue weighted by molar-refractivity contribution is -0.131. The highest BCUT2D eigenvalue weighted by molar-refractivity contribution is 6.09. The number of aryl methyl sites for hydroxylation is 1. The maximum Gasteiger partial charge on any atom is 0.337 e. The molecule has 0 spiro atoms. The third-order valence-electron chi connectivity index (χ3n) is 7.84. The maximum atomic E-state index is 13.7. The fourth-order valence-corrected chi connectivity index (χ4v) is 5.47. The molecule has 43 heavy (non-hydrogen) atoms. The number of esters is 1. The standard InChI is InChI=1S/C35H35N3O5/c1-22-16-30(17-25-6-15-31(32(18-25)42-4)37-20-23(2)36-21-37)34(40)38(19-22)24(3)26-7-9-27(10-8-26)33(39)28-11-13-29(14-12-28)35(41)43-5/h6-15,17-18,20-22,24H,16,19H2,1-5H3/b30-17+/t22-,24-/m0/s1. The molecule has 0 unspecified atom stereocenters. The molecule has 3 aromatic carbocycles. The van der Waals surface area contributed by atoms with E-state index in [-0.39, 0.29) is 23.7 Å². The molecule has 220 valence electrons. The van der Waals surface area contributed by atoms with Crippen molar-refractivity contribution in [2.24, 2.45) is 5.92 Å². The van der Waals surface area contributed by atoms with Crippen LogP contribution in [0.5, 0.6) is 5.75 Å². The number of hydrogen-bond donors (Lipinski definition) is 0. The zero-order valence-electron chi connectivity index (χ0n) is 25.0. The summed E-state index contributed by atoms with van der Waals surface area (Å²) in [6, 6.07) is 19.5. The van der Waals surface area contributed by atoms with Crippen LogP contribution in [0, 0.1) is 12.8 Å². The second-order valence-corrected chi connectivity index (χ2v) is 11.0. The summed E-state index contributed by atoms with van der Waals surface area (Å²) in [5.41, 5.74) is 5.78. The molecule has 1 aromatic heterocycles. The Morgan fingerprint density at radius 1 is 0.977 bits per heavy atom. The number of carbonyl (C=O) groups is 3. The zero-order chi connectivity index (χ0) is 30.7. The van der Waals surface area contributed by atoms with Crippen molar-refractivity contribution in [1.82, 2.24) is 14.5 Å². The predicted molar refractivity (Wildman–Crippen MR) is 164 cm³/mol. The highest BCUT2D eigenvalue weighted by Crippen LogP contribution is 2.33. The first-order chi connectivity index (χ1) is 20.7. The predicted octanol–water partition coefficient (Wildman–Crippen LogP) is 6.22. The molecule has 8 heteroatoms. The third-order valence-corrected chi connectivity index (χ3v) is 7.84. The lowest BCUT2D eigenvalue weighted by atomic mass is 9.90. The minimum absolute atomic E-state index is 0.00438. The van der Waals surface area contributed by atoms with E-state index in [0.29, 0.717) is 35.4 Å². The molecule has 8 nitrogen and oxygen atoms in total. The van der Waals surface area contributed by atoms with Gasteiger partial charge in [0.05, 0.1) is 43.5 Å². The van der Waals surface area contributed by atoms with Crippen LogP contribution in [0.1, 0.15) is 69.4 Å². The quantitative estimate of drug-likeness (QED) is 0.140. The van der Waals surface area contributed by atoms with Crippen LogP contribution in [0.4, 0.5) is 0 Å². The number of nitrogens with zero attached hydrogens (tertiary/aromatic N) is 3.